The van der Waals surface area contributed by atoms with Gasteiger partial charge in [0.2, 0.25) is 0 Å². The van der Waals surface area contributed by atoms with Crippen molar-refractivity contribution in [3.63, 3.8) is 0 Å². The fourth-order valence-electron chi connectivity index (χ4n) is 1.92. The first-order valence-electron chi connectivity index (χ1n) is 5.13. The number of nitrogens with one attached hydrogen (secondary N) is 1. The Morgan fingerprint density at radius 1 is 1.50 bits per heavy atom. The zero-order valence-corrected chi connectivity index (χ0v) is 8.94. The van der Waals surface area contributed by atoms with Crippen molar-refractivity contribution in [2.45, 2.75) is 32.9 Å². The molecule has 2 rings (SSSR count). The van der Waals surface area contributed by atoms with Crippen molar-refractivity contribution >= 4 is 0 Å². The summed E-state index contributed by atoms with van der Waals surface area (Å²) in [7, 11) is 1.78. The maximum Gasteiger partial charge on any atom is 0.188 e. The maximum absolute atomic E-state index is 4.12. The lowest BCUT2D eigenvalue weighted by atomic mass is 9.71. The van der Waals surface area contributed by atoms with Crippen LogP contribution < -0.4 is 5.32 Å². The first-order chi connectivity index (χ1) is 6.66. The molecule has 5 nitrogen and oxygen atoms in total. The number of rotatable bonds is 3. The number of hydrogen-bond acceptors (Lipinski definition) is 4. The standard InChI is InChI=1S/C9H17N5/c1-6-4-8(7(6)2)10-5-9-11-13-14(3)12-9/h6-8,10H,4-5H2,1-3H3. The lowest BCUT2D eigenvalue weighted by molar-refractivity contribution is 0.135. The molecule has 1 aromatic heterocycles. The zero-order valence-electron chi connectivity index (χ0n) is 8.94. The van der Waals surface area contributed by atoms with Gasteiger partial charge in [0.15, 0.2) is 5.82 Å². The molecule has 1 aliphatic rings. The second kappa shape index (κ2) is 3.65. The highest BCUT2D eigenvalue weighted by molar-refractivity contribution is 4.90. The summed E-state index contributed by atoms with van der Waals surface area (Å²) in [6.07, 6.45) is 1.27. The molecule has 0 radical (unpaired) electrons. The van der Waals surface area contributed by atoms with E-state index in [9.17, 15) is 0 Å². The molecule has 0 bridgehead atoms. The van der Waals surface area contributed by atoms with E-state index in [1.165, 1.54) is 11.2 Å². The first-order valence-corrected chi connectivity index (χ1v) is 5.13. The molecule has 1 aromatic rings. The van der Waals surface area contributed by atoms with Gasteiger partial charge in [-0.3, -0.25) is 0 Å². The summed E-state index contributed by atoms with van der Waals surface area (Å²) in [5.41, 5.74) is 0. The molecule has 3 atom stereocenters. The molecule has 78 valence electrons. The van der Waals surface area contributed by atoms with Gasteiger partial charge in [-0.1, -0.05) is 13.8 Å². The van der Waals surface area contributed by atoms with Crippen LogP contribution in [-0.2, 0) is 13.6 Å². The fourth-order valence-corrected chi connectivity index (χ4v) is 1.92. The summed E-state index contributed by atoms with van der Waals surface area (Å²) in [5.74, 6) is 2.40. The van der Waals surface area contributed by atoms with E-state index in [2.05, 4.69) is 34.6 Å². The molecular weight excluding hydrogens is 178 g/mol. The molecule has 0 spiro atoms. The van der Waals surface area contributed by atoms with Gasteiger partial charge in [-0.25, -0.2) is 0 Å². The molecule has 0 saturated heterocycles. The van der Waals surface area contributed by atoms with Gasteiger partial charge in [0, 0.05) is 6.04 Å². The van der Waals surface area contributed by atoms with Crippen LogP contribution >= 0.6 is 0 Å². The third-order valence-electron chi connectivity index (χ3n) is 3.23. The average Bonchev–Trinajstić information content (AvgIpc) is 2.58. The Bertz CT molecular complexity index is 308. The molecule has 0 aromatic carbocycles. The Kier molecular flexibility index (Phi) is 2.50. The predicted molar refractivity (Wildman–Crippen MR) is 52.4 cm³/mol. The molecule has 1 aliphatic carbocycles. The van der Waals surface area contributed by atoms with Crippen molar-refractivity contribution in [2.75, 3.05) is 0 Å². The molecule has 1 N–H and O–H groups in total. The molecular formula is C9H17N5. The molecule has 1 heterocycles. The quantitative estimate of drug-likeness (QED) is 0.756. The average molecular weight is 195 g/mol. The number of hydrogen-bond donors (Lipinski definition) is 1. The van der Waals surface area contributed by atoms with E-state index in [0.717, 1.165) is 24.2 Å². The number of tetrazole rings is 1. The van der Waals surface area contributed by atoms with E-state index < -0.39 is 0 Å². The van der Waals surface area contributed by atoms with E-state index in [1.807, 2.05) is 0 Å². The van der Waals surface area contributed by atoms with Crippen molar-refractivity contribution in [3.8, 4) is 0 Å². The van der Waals surface area contributed by atoms with Crippen LogP contribution in [0.15, 0.2) is 0 Å². The zero-order chi connectivity index (χ0) is 10.1. The molecule has 0 amide bonds. The predicted octanol–water partition coefficient (Wildman–Crippen LogP) is 0.344. The third-order valence-corrected chi connectivity index (χ3v) is 3.23. The Labute approximate surface area is 83.9 Å². The first kappa shape index (κ1) is 9.58. The molecule has 1 fully saturated rings. The lowest BCUT2D eigenvalue weighted by Gasteiger charge is -2.41. The van der Waals surface area contributed by atoms with Crippen molar-refractivity contribution in [1.82, 2.24) is 25.5 Å². The summed E-state index contributed by atoms with van der Waals surface area (Å²) in [6, 6.07) is 0.633. The van der Waals surface area contributed by atoms with Crippen LogP contribution in [0, 0.1) is 11.8 Å². The highest BCUT2D eigenvalue weighted by atomic mass is 15.6. The minimum absolute atomic E-state index is 0.633. The molecule has 5 heteroatoms. The number of aryl methyl sites for hydroxylation is 1. The largest absolute Gasteiger partial charge is 0.307 e. The smallest absolute Gasteiger partial charge is 0.188 e. The van der Waals surface area contributed by atoms with Crippen molar-refractivity contribution in [2.24, 2.45) is 18.9 Å². The Morgan fingerprint density at radius 2 is 2.29 bits per heavy atom. The molecule has 14 heavy (non-hydrogen) atoms. The van der Waals surface area contributed by atoms with Gasteiger partial charge in [-0.15, -0.1) is 10.2 Å². The maximum atomic E-state index is 4.12. The number of nitrogens with zero attached hydrogens (tertiary/aromatic N) is 4. The Morgan fingerprint density at radius 3 is 2.79 bits per heavy atom. The molecule has 3 unspecified atom stereocenters. The van der Waals surface area contributed by atoms with Gasteiger partial charge in [-0.2, -0.15) is 4.80 Å². The van der Waals surface area contributed by atoms with Crippen LogP contribution in [-0.4, -0.2) is 26.2 Å². The third kappa shape index (κ3) is 1.77. The second-order valence-corrected chi connectivity index (χ2v) is 4.25. The fraction of sp³-hybridized carbons (Fsp3) is 0.889. The highest BCUT2D eigenvalue weighted by Gasteiger charge is 2.33. The van der Waals surface area contributed by atoms with Crippen LogP contribution in [0.25, 0.3) is 0 Å². The Balaban J connectivity index is 1.78. The van der Waals surface area contributed by atoms with E-state index in [-0.39, 0.29) is 0 Å². The van der Waals surface area contributed by atoms with E-state index in [0.29, 0.717) is 6.04 Å². The van der Waals surface area contributed by atoms with E-state index in [4.69, 9.17) is 0 Å². The monoisotopic (exact) mass is 195 g/mol. The summed E-state index contributed by atoms with van der Waals surface area (Å²) in [6.45, 7) is 5.31. The molecule has 1 saturated carbocycles. The van der Waals surface area contributed by atoms with Gasteiger partial charge >= 0.3 is 0 Å². The van der Waals surface area contributed by atoms with Crippen molar-refractivity contribution in [3.05, 3.63) is 5.82 Å². The summed E-state index contributed by atoms with van der Waals surface area (Å²) in [4.78, 5) is 1.49. The van der Waals surface area contributed by atoms with Gasteiger partial charge in [0.05, 0.1) is 13.6 Å². The van der Waals surface area contributed by atoms with Gasteiger partial charge in [-0.05, 0) is 23.5 Å². The van der Waals surface area contributed by atoms with Crippen LogP contribution in [0.3, 0.4) is 0 Å². The number of aromatic nitrogens is 4. The van der Waals surface area contributed by atoms with E-state index >= 15 is 0 Å². The minimum atomic E-state index is 0.633. The summed E-state index contributed by atoms with van der Waals surface area (Å²) < 4.78 is 0. The van der Waals surface area contributed by atoms with Crippen molar-refractivity contribution < 1.29 is 0 Å². The van der Waals surface area contributed by atoms with Crippen LogP contribution in [0.4, 0.5) is 0 Å². The summed E-state index contributed by atoms with van der Waals surface area (Å²) in [5, 5.41) is 15.3. The van der Waals surface area contributed by atoms with Gasteiger partial charge < -0.3 is 5.32 Å². The van der Waals surface area contributed by atoms with Gasteiger partial charge in [0.25, 0.3) is 0 Å². The molecule has 0 aliphatic heterocycles. The van der Waals surface area contributed by atoms with Crippen LogP contribution in [0.1, 0.15) is 26.1 Å². The normalized spacial score (nSPS) is 31.5. The second-order valence-electron chi connectivity index (χ2n) is 4.25. The van der Waals surface area contributed by atoms with Crippen molar-refractivity contribution in [1.29, 1.82) is 0 Å². The van der Waals surface area contributed by atoms with E-state index in [1.54, 1.807) is 7.05 Å². The SMILES string of the molecule is CC1CC(NCc2nnn(C)n2)C1C. The minimum Gasteiger partial charge on any atom is -0.307 e. The van der Waals surface area contributed by atoms with Gasteiger partial charge in [0.1, 0.15) is 0 Å². The topological polar surface area (TPSA) is 55.6 Å². The summed E-state index contributed by atoms with van der Waals surface area (Å²) >= 11 is 0. The Hall–Kier alpha value is -0.970. The lowest BCUT2D eigenvalue weighted by Crippen LogP contribution is -2.47. The van der Waals surface area contributed by atoms with Crippen LogP contribution in [0.5, 0.6) is 0 Å². The highest BCUT2D eigenvalue weighted by Crippen LogP contribution is 2.33. The van der Waals surface area contributed by atoms with Crippen LogP contribution in [0.2, 0.25) is 0 Å².